The third-order valence-corrected chi connectivity index (χ3v) is 4.09. The van der Waals surface area contributed by atoms with Crippen LogP contribution in [0, 0.1) is 13.8 Å². The predicted octanol–water partition coefficient (Wildman–Crippen LogP) is 4.72. The quantitative estimate of drug-likeness (QED) is 0.760. The minimum atomic E-state index is -0.115. The predicted molar refractivity (Wildman–Crippen MR) is 94.4 cm³/mol. The number of ether oxygens (including phenoxy) is 1. The summed E-state index contributed by atoms with van der Waals surface area (Å²) in [5, 5.41) is 5.00. The summed E-state index contributed by atoms with van der Waals surface area (Å²) in [6, 6.07) is 17.5. The molecule has 3 aromatic carbocycles. The van der Waals surface area contributed by atoms with E-state index in [0.717, 1.165) is 33.3 Å². The number of nitrogens with one attached hydrogen (secondary N) is 1. The maximum absolute atomic E-state index is 12.7. The summed E-state index contributed by atoms with van der Waals surface area (Å²) < 4.78 is 5.42. The number of anilines is 1. The molecule has 1 N–H and O–H groups in total. The average molecular weight is 305 g/mol. The fourth-order valence-corrected chi connectivity index (χ4v) is 2.89. The van der Waals surface area contributed by atoms with E-state index in [4.69, 9.17) is 4.74 Å². The molecule has 0 aliphatic heterocycles. The smallest absolute Gasteiger partial charge is 0.256 e. The van der Waals surface area contributed by atoms with Gasteiger partial charge in [0, 0.05) is 16.8 Å². The van der Waals surface area contributed by atoms with Crippen LogP contribution in [-0.4, -0.2) is 13.0 Å². The molecule has 0 aromatic heterocycles. The number of hydrogen-bond acceptors (Lipinski definition) is 2. The second-order valence-electron chi connectivity index (χ2n) is 5.57. The molecule has 116 valence electrons. The molecule has 3 nitrogen and oxygen atoms in total. The lowest BCUT2D eigenvalue weighted by Crippen LogP contribution is -2.13. The number of carbonyl (C=O) groups excluding carboxylic acids is 1. The number of amides is 1. The molecule has 0 bridgehead atoms. The summed E-state index contributed by atoms with van der Waals surface area (Å²) in [5.74, 6) is 0.691. The van der Waals surface area contributed by atoms with Gasteiger partial charge in [0.15, 0.2) is 0 Å². The molecule has 0 heterocycles. The molecule has 23 heavy (non-hydrogen) atoms. The van der Waals surface area contributed by atoms with Gasteiger partial charge in [-0.15, -0.1) is 0 Å². The van der Waals surface area contributed by atoms with Crippen LogP contribution in [0.15, 0.2) is 54.6 Å². The normalized spacial score (nSPS) is 10.6. The van der Waals surface area contributed by atoms with E-state index in [9.17, 15) is 4.79 Å². The fraction of sp³-hybridized carbons (Fsp3) is 0.150. The van der Waals surface area contributed by atoms with Crippen LogP contribution in [0.25, 0.3) is 10.8 Å². The summed E-state index contributed by atoms with van der Waals surface area (Å²) in [6.07, 6.45) is 0. The van der Waals surface area contributed by atoms with Crippen LogP contribution < -0.4 is 10.1 Å². The molecule has 0 radical (unpaired) electrons. The zero-order chi connectivity index (χ0) is 16.4. The lowest BCUT2D eigenvalue weighted by molar-refractivity contribution is 0.102. The number of benzene rings is 3. The lowest BCUT2D eigenvalue weighted by Gasteiger charge is -2.14. The third-order valence-electron chi connectivity index (χ3n) is 4.09. The number of rotatable bonds is 3. The van der Waals surface area contributed by atoms with Gasteiger partial charge >= 0.3 is 0 Å². The van der Waals surface area contributed by atoms with Crippen molar-refractivity contribution in [2.24, 2.45) is 0 Å². The Labute approximate surface area is 135 Å². The van der Waals surface area contributed by atoms with Gasteiger partial charge in [0.2, 0.25) is 0 Å². The van der Waals surface area contributed by atoms with Gasteiger partial charge in [0.05, 0.1) is 7.11 Å². The Balaban J connectivity index is 1.99. The Morgan fingerprint density at radius 3 is 2.48 bits per heavy atom. The number of carbonyl (C=O) groups is 1. The second kappa shape index (κ2) is 6.13. The van der Waals surface area contributed by atoms with Gasteiger partial charge in [0.1, 0.15) is 5.75 Å². The molecule has 3 heteroatoms. The van der Waals surface area contributed by atoms with Gasteiger partial charge in [-0.25, -0.2) is 0 Å². The molecule has 3 aromatic rings. The van der Waals surface area contributed by atoms with Crippen LogP contribution in [0.3, 0.4) is 0 Å². The van der Waals surface area contributed by atoms with E-state index in [0.29, 0.717) is 5.56 Å². The topological polar surface area (TPSA) is 38.3 Å². The van der Waals surface area contributed by atoms with E-state index in [1.54, 1.807) is 7.11 Å². The summed E-state index contributed by atoms with van der Waals surface area (Å²) in [6.45, 7) is 3.94. The van der Waals surface area contributed by atoms with Crippen molar-refractivity contribution in [2.45, 2.75) is 13.8 Å². The van der Waals surface area contributed by atoms with Gasteiger partial charge in [-0.05, 0) is 42.3 Å². The van der Waals surface area contributed by atoms with E-state index in [1.165, 1.54) is 0 Å². The highest BCUT2D eigenvalue weighted by Gasteiger charge is 2.13. The van der Waals surface area contributed by atoms with Gasteiger partial charge in [0.25, 0.3) is 5.91 Å². The monoisotopic (exact) mass is 305 g/mol. The van der Waals surface area contributed by atoms with Crippen molar-refractivity contribution in [2.75, 3.05) is 12.4 Å². The van der Waals surface area contributed by atoms with Gasteiger partial charge in [-0.2, -0.15) is 0 Å². The van der Waals surface area contributed by atoms with Crippen molar-refractivity contribution in [1.29, 1.82) is 0 Å². The molecule has 0 saturated carbocycles. The van der Waals surface area contributed by atoms with Crippen LogP contribution in [0.4, 0.5) is 5.69 Å². The fourth-order valence-electron chi connectivity index (χ4n) is 2.89. The number of aryl methyl sites for hydroxylation is 1. The first-order valence-corrected chi connectivity index (χ1v) is 7.55. The molecule has 3 rings (SSSR count). The maximum atomic E-state index is 12.7. The summed E-state index contributed by atoms with van der Waals surface area (Å²) in [4.78, 5) is 12.7. The standard InChI is InChI=1S/C20H19NO2/c1-13-11-12-18(14(2)19(13)23-3)21-20(22)17-10-6-8-15-7-4-5-9-16(15)17/h4-12H,1-3H3,(H,21,22). The molecule has 0 atom stereocenters. The molecule has 0 unspecified atom stereocenters. The molecule has 0 aliphatic carbocycles. The first-order valence-electron chi connectivity index (χ1n) is 7.55. The Morgan fingerprint density at radius 2 is 1.70 bits per heavy atom. The van der Waals surface area contributed by atoms with Crippen LogP contribution in [0.5, 0.6) is 5.75 Å². The molecule has 1 amide bonds. The van der Waals surface area contributed by atoms with E-state index < -0.39 is 0 Å². The van der Waals surface area contributed by atoms with Crippen LogP contribution in [0.2, 0.25) is 0 Å². The Kier molecular flexibility index (Phi) is 4.02. The SMILES string of the molecule is COc1c(C)ccc(NC(=O)c2cccc3ccccc23)c1C. The van der Waals surface area contributed by atoms with Crippen molar-refractivity contribution in [3.63, 3.8) is 0 Å². The van der Waals surface area contributed by atoms with E-state index >= 15 is 0 Å². The molecule has 0 fully saturated rings. The summed E-state index contributed by atoms with van der Waals surface area (Å²) >= 11 is 0. The minimum absolute atomic E-state index is 0.115. The Morgan fingerprint density at radius 1 is 0.957 bits per heavy atom. The Hall–Kier alpha value is -2.81. The van der Waals surface area contributed by atoms with Crippen molar-refractivity contribution in [3.05, 3.63) is 71.3 Å². The molecule has 0 saturated heterocycles. The average Bonchev–Trinajstić information content (AvgIpc) is 2.57. The van der Waals surface area contributed by atoms with E-state index in [1.807, 2.05) is 68.4 Å². The van der Waals surface area contributed by atoms with Crippen LogP contribution >= 0.6 is 0 Å². The first kappa shape index (κ1) is 15.1. The van der Waals surface area contributed by atoms with Crippen molar-refractivity contribution in [1.82, 2.24) is 0 Å². The Bertz CT molecular complexity index is 879. The van der Waals surface area contributed by atoms with Crippen LogP contribution in [-0.2, 0) is 0 Å². The number of methoxy groups -OCH3 is 1. The van der Waals surface area contributed by atoms with Gasteiger partial charge in [-0.1, -0.05) is 42.5 Å². The number of hydrogen-bond donors (Lipinski definition) is 1. The van der Waals surface area contributed by atoms with Crippen molar-refractivity contribution >= 4 is 22.4 Å². The third kappa shape index (κ3) is 2.78. The highest BCUT2D eigenvalue weighted by Crippen LogP contribution is 2.30. The molecular formula is C20H19NO2. The summed E-state index contributed by atoms with van der Waals surface area (Å²) in [5.41, 5.74) is 3.42. The van der Waals surface area contributed by atoms with Gasteiger partial charge < -0.3 is 10.1 Å². The maximum Gasteiger partial charge on any atom is 0.256 e. The first-order chi connectivity index (χ1) is 11.1. The zero-order valence-corrected chi connectivity index (χ0v) is 13.5. The number of fused-ring (bicyclic) bond motifs is 1. The van der Waals surface area contributed by atoms with Crippen LogP contribution in [0.1, 0.15) is 21.5 Å². The zero-order valence-electron chi connectivity index (χ0n) is 13.5. The van der Waals surface area contributed by atoms with E-state index in [2.05, 4.69) is 5.32 Å². The molecule has 0 spiro atoms. The lowest BCUT2D eigenvalue weighted by atomic mass is 10.0. The van der Waals surface area contributed by atoms with Gasteiger partial charge in [-0.3, -0.25) is 4.79 Å². The minimum Gasteiger partial charge on any atom is -0.496 e. The molecule has 0 aliphatic rings. The van der Waals surface area contributed by atoms with E-state index in [-0.39, 0.29) is 5.91 Å². The largest absolute Gasteiger partial charge is 0.496 e. The summed E-state index contributed by atoms with van der Waals surface area (Å²) in [7, 11) is 1.64. The second-order valence-corrected chi connectivity index (χ2v) is 5.57. The highest BCUT2D eigenvalue weighted by molar-refractivity contribution is 6.13. The molecular weight excluding hydrogens is 286 g/mol. The van der Waals surface area contributed by atoms with Crippen molar-refractivity contribution < 1.29 is 9.53 Å². The van der Waals surface area contributed by atoms with Crippen molar-refractivity contribution in [3.8, 4) is 5.75 Å². The highest BCUT2D eigenvalue weighted by atomic mass is 16.5.